The van der Waals surface area contributed by atoms with Gasteiger partial charge in [0.25, 0.3) is 5.91 Å². The van der Waals surface area contributed by atoms with Crippen LogP contribution in [0.2, 0.25) is 0 Å². The van der Waals surface area contributed by atoms with Crippen LogP contribution in [0, 0.1) is 6.92 Å². The Morgan fingerprint density at radius 1 is 1.00 bits per heavy atom. The average molecular weight is 371 g/mol. The monoisotopic (exact) mass is 371 g/mol. The Labute approximate surface area is 163 Å². The second kappa shape index (κ2) is 5.64. The first kappa shape index (κ1) is 16.9. The Bertz CT molecular complexity index is 1130. The Balaban J connectivity index is 1.50. The Hall–Kier alpha value is -3.21. The highest BCUT2D eigenvalue weighted by molar-refractivity contribution is 6.26. The van der Waals surface area contributed by atoms with Crippen LogP contribution in [0.5, 0.6) is 0 Å². The molecule has 1 aliphatic carbocycles. The first-order valence-electron chi connectivity index (χ1n) is 9.49. The summed E-state index contributed by atoms with van der Waals surface area (Å²) < 4.78 is 0. The van der Waals surface area contributed by atoms with E-state index in [9.17, 15) is 9.59 Å². The van der Waals surface area contributed by atoms with Crippen molar-refractivity contribution < 1.29 is 9.59 Å². The van der Waals surface area contributed by atoms with Gasteiger partial charge in [-0.1, -0.05) is 55.5 Å². The number of rotatable bonds is 2. The van der Waals surface area contributed by atoms with E-state index in [1.165, 1.54) is 16.0 Å². The third-order valence-electron chi connectivity index (χ3n) is 6.23. The predicted molar refractivity (Wildman–Crippen MR) is 108 cm³/mol. The van der Waals surface area contributed by atoms with Crippen LogP contribution in [0.3, 0.4) is 0 Å². The highest BCUT2D eigenvalue weighted by Gasteiger charge is 2.64. The maximum Gasteiger partial charge on any atom is 0.329 e. The van der Waals surface area contributed by atoms with Crippen LogP contribution in [0.1, 0.15) is 30.9 Å². The summed E-state index contributed by atoms with van der Waals surface area (Å²) in [5.41, 5.74) is 2.05. The van der Waals surface area contributed by atoms with Crippen molar-refractivity contribution in [1.82, 2.24) is 10.3 Å². The molecule has 1 saturated carbocycles. The number of amides is 3. The predicted octanol–water partition coefficient (Wildman–Crippen LogP) is 4.09. The number of urea groups is 1. The van der Waals surface area contributed by atoms with Gasteiger partial charge >= 0.3 is 6.03 Å². The lowest BCUT2D eigenvalue weighted by Gasteiger charge is -2.51. The lowest BCUT2D eigenvalue weighted by molar-refractivity contribution is -0.127. The number of hydrogen-bond donors (Lipinski definition) is 1. The van der Waals surface area contributed by atoms with Crippen LogP contribution in [0.25, 0.3) is 10.8 Å². The van der Waals surface area contributed by atoms with Crippen molar-refractivity contribution in [2.45, 2.75) is 37.6 Å². The summed E-state index contributed by atoms with van der Waals surface area (Å²) >= 11 is 0. The van der Waals surface area contributed by atoms with Crippen molar-refractivity contribution in [3.63, 3.8) is 0 Å². The van der Waals surface area contributed by atoms with E-state index in [0.717, 1.165) is 10.8 Å². The van der Waals surface area contributed by atoms with Crippen molar-refractivity contribution in [3.8, 4) is 0 Å². The zero-order chi connectivity index (χ0) is 19.5. The zero-order valence-corrected chi connectivity index (χ0v) is 15.9. The zero-order valence-electron chi connectivity index (χ0n) is 15.9. The molecule has 5 heteroatoms. The number of pyridine rings is 1. The summed E-state index contributed by atoms with van der Waals surface area (Å²) in [6.45, 7) is 4.26. The van der Waals surface area contributed by atoms with E-state index < -0.39 is 5.54 Å². The molecule has 2 aliphatic rings. The van der Waals surface area contributed by atoms with Crippen molar-refractivity contribution in [1.29, 1.82) is 0 Å². The molecule has 0 bridgehead atoms. The normalized spacial score (nSPS) is 26.6. The quantitative estimate of drug-likeness (QED) is 0.690. The number of nitrogens with zero attached hydrogens (tertiary/aromatic N) is 2. The SMILES string of the molecule is Cc1ccccc1C1(C)CC2(C1)NC(=O)N(c1cncc3ccccc13)C2=O. The summed E-state index contributed by atoms with van der Waals surface area (Å²) in [7, 11) is 0. The number of aryl methyl sites for hydroxylation is 1. The fourth-order valence-electron chi connectivity index (χ4n) is 5.08. The van der Waals surface area contributed by atoms with Gasteiger partial charge in [0.1, 0.15) is 5.54 Å². The van der Waals surface area contributed by atoms with Gasteiger partial charge in [-0.25, -0.2) is 9.69 Å². The van der Waals surface area contributed by atoms with Crippen molar-refractivity contribution >= 4 is 28.4 Å². The second-order valence-corrected chi connectivity index (χ2v) is 8.26. The van der Waals surface area contributed by atoms with Gasteiger partial charge in [0.15, 0.2) is 0 Å². The standard InChI is InChI=1S/C23H21N3O2/c1-15-7-3-6-10-18(15)22(2)13-23(14-22)20(27)26(21(28)25-23)19-12-24-11-16-8-4-5-9-17(16)19/h3-12H,13-14H2,1-2H3,(H,25,28). The molecule has 1 N–H and O–H groups in total. The summed E-state index contributed by atoms with van der Waals surface area (Å²) in [5.74, 6) is -0.179. The largest absolute Gasteiger partial charge is 0.329 e. The van der Waals surface area contributed by atoms with Gasteiger partial charge in [-0.3, -0.25) is 9.78 Å². The number of nitrogens with one attached hydrogen (secondary N) is 1. The van der Waals surface area contributed by atoms with E-state index in [-0.39, 0.29) is 17.4 Å². The topological polar surface area (TPSA) is 62.3 Å². The smallest absolute Gasteiger partial charge is 0.323 e. The molecule has 2 aromatic carbocycles. The molecule has 5 nitrogen and oxygen atoms in total. The van der Waals surface area contributed by atoms with Gasteiger partial charge in [-0.15, -0.1) is 0 Å². The minimum atomic E-state index is -0.828. The number of benzene rings is 2. The molecule has 0 unspecified atom stereocenters. The molecule has 1 aliphatic heterocycles. The summed E-state index contributed by atoms with van der Waals surface area (Å²) in [6.07, 6.45) is 4.54. The number of anilines is 1. The molecule has 1 saturated heterocycles. The number of carbonyl (C=O) groups is 2. The minimum Gasteiger partial charge on any atom is -0.323 e. The Kier molecular flexibility index (Phi) is 3.41. The van der Waals surface area contributed by atoms with E-state index in [1.807, 2.05) is 36.4 Å². The van der Waals surface area contributed by atoms with E-state index in [4.69, 9.17) is 0 Å². The van der Waals surface area contributed by atoms with Gasteiger partial charge < -0.3 is 5.32 Å². The molecular formula is C23H21N3O2. The molecule has 2 heterocycles. The molecule has 3 aromatic rings. The average Bonchev–Trinajstić information content (AvgIpc) is 2.91. The van der Waals surface area contributed by atoms with Gasteiger partial charge in [-0.05, 0) is 36.3 Å². The number of fused-ring (bicyclic) bond motifs is 1. The Morgan fingerprint density at radius 2 is 1.71 bits per heavy atom. The second-order valence-electron chi connectivity index (χ2n) is 8.26. The van der Waals surface area contributed by atoms with Gasteiger partial charge in [0.2, 0.25) is 0 Å². The molecular weight excluding hydrogens is 350 g/mol. The van der Waals surface area contributed by atoms with Gasteiger partial charge in [0, 0.05) is 17.0 Å². The van der Waals surface area contributed by atoms with Crippen LogP contribution < -0.4 is 10.2 Å². The highest BCUT2D eigenvalue weighted by atomic mass is 16.2. The van der Waals surface area contributed by atoms with Gasteiger partial charge in [0.05, 0.1) is 11.9 Å². The molecule has 5 rings (SSSR count). The van der Waals surface area contributed by atoms with E-state index in [2.05, 4.69) is 36.3 Å². The number of aromatic nitrogens is 1. The molecule has 2 fully saturated rings. The molecule has 0 atom stereocenters. The fourth-order valence-corrected chi connectivity index (χ4v) is 5.08. The van der Waals surface area contributed by atoms with Crippen LogP contribution >= 0.6 is 0 Å². The first-order valence-corrected chi connectivity index (χ1v) is 9.49. The maximum atomic E-state index is 13.4. The lowest BCUT2D eigenvalue weighted by atomic mass is 9.55. The van der Waals surface area contributed by atoms with Gasteiger partial charge in [-0.2, -0.15) is 0 Å². The number of imide groups is 1. The summed E-state index contributed by atoms with van der Waals surface area (Å²) in [6, 6.07) is 15.6. The van der Waals surface area contributed by atoms with Crippen molar-refractivity contribution in [2.75, 3.05) is 4.90 Å². The number of carbonyl (C=O) groups excluding carboxylic acids is 2. The minimum absolute atomic E-state index is 0.124. The summed E-state index contributed by atoms with van der Waals surface area (Å²) in [5, 5.41) is 4.73. The molecule has 1 aromatic heterocycles. The maximum absolute atomic E-state index is 13.4. The van der Waals surface area contributed by atoms with Crippen LogP contribution in [-0.2, 0) is 10.2 Å². The van der Waals surface area contributed by atoms with Crippen LogP contribution in [-0.4, -0.2) is 22.5 Å². The molecule has 3 amide bonds. The summed E-state index contributed by atoms with van der Waals surface area (Å²) in [4.78, 5) is 31.7. The van der Waals surface area contributed by atoms with Crippen molar-refractivity contribution in [2.24, 2.45) is 0 Å². The molecule has 28 heavy (non-hydrogen) atoms. The Morgan fingerprint density at radius 3 is 2.50 bits per heavy atom. The number of hydrogen-bond acceptors (Lipinski definition) is 3. The van der Waals surface area contributed by atoms with E-state index >= 15 is 0 Å². The molecule has 140 valence electrons. The fraction of sp³-hybridized carbons (Fsp3) is 0.261. The third kappa shape index (κ3) is 2.22. The van der Waals surface area contributed by atoms with E-state index in [0.29, 0.717) is 18.5 Å². The van der Waals surface area contributed by atoms with Crippen LogP contribution in [0.4, 0.5) is 10.5 Å². The van der Waals surface area contributed by atoms with Crippen LogP contribution in [0.15, 0.2) is 60.9 Å². The highest BCUT2D eigenvalue weighted by Crippen LogP contribution is 2.53. The lowest BCUT2D eigenvalue weighted by Crippen LogP contribution is -2.63. The first-order chi connectivity index (χ1) is 13.4. The third-order valence-corrected chi connectivity index (χ3v) is 6.23. The van der Waals surface area contributed by atoms with E-state index in [1.54, 1.807) is 12.4 Å². The molecule has 0 radical (unpaired) electrons. The molecule has 1 spiro atoms. The van der Waals surface area contributed by atoms with Crippen molar-refractivity contribution in [3.05, 3.63) is 72.1 Å².